The summed E-state index contributed by atoms with van der Waals surface area (Å²) < 4.78 is 16.7. The molecule has 0 aliphatic carbocycles. The Morgan fingerprint density at radius 1 is 0.318 bits per heavy atom. The molecule has 378 valence electrons. The molecule has 0 spiro atoms. The molecule has 1 atom stereocenters. The molecule has 0 aromatic rings. The number of allylic oxidation sites excluding steroid dienone is 14. The molecule has 0 bridgehead atoms. The number of rotatable bonds is 49. The van der Waals surface area contributed by atoms with Crippen molar-refractivity contribution in [2.75, 3.05) is 13.2 Å². The minimum atomic E-state index is -0.775. The van der Waals surface area contributed by atoms with Crippen LogP contribution in [0.4, 0.5) is 0 Å². The first-order valence-electron chi connectivity index (χ1n) is 27.6. The lowest BCUT2D eigenvalue weighted by Gasteiger charge is -2.18. The quantitative estimate of drug-likeness (QED) is 0.0262. The number of unbranched alkanes of at least 4 members (excludes halogenated alkanes) is 24. The molecule has 0 rings (SSSR count). The third-order valence-corrected chi connectivity index (χ3v) is 11.7. The topological polar surface area (TPSA) is 78.9 Å². The highest BCUT2D eigenvalue weighted by Gasteiger charge is 2.19. The molecular formula is C60H102O6. The molecule has 0 heterocycles. The summed E-state index contributed by atoms with van der Waals surface area (Å²) in [5, 5.41) is 0. The lowest BCUT2D eigenvalue weighted by Crippen LogP contribution is -2.30. The standard InChI is InChI=1S/C60H102O6/c1-4-7-10-13-16-18-20-22-23-24-25-26-27-28-29-30-31-32-33-34-35-36-37-38-40-41-44-47-50-53-59(62)65-56-57(55-64-58(61)52-49-46-43-15-12-9-6-3)66-60(63)54-51-48-45-42-39-21-19-17-14-11-8-5-2/h7,10,16,18,22-23,25-26,28-29,31-32,34-35,57H,4-6,8-9,11-15,17,19-21,24,27,30,33,36-56H2,1-3H3/b10-7-,18-16-,23-22-,26-25-,29-28-,32-31-,35-34-. The second-order valence-corrected chi connectivity index (χ2v) is 18.1. The van der Waals surface area contributed by atoms with Gasteiger partial charge < -0.3 is 14.2 Å². The Labute approximate surface area is 407 Å². The Kier molecular flexibility index (Phi) is 51.4. The van der Waals surface area contributed by atoms with E-state index in [-0.39, 0.29) is 31.1 Å². The van der Waals surface area contributed by atoms with Crippen LogP contribution < -0.4 is 0 Å². The molecule has 0 aliphatic heterocycles. The average Bonchev–Trinajstić information content (AvgIpc) is 3.31. The van der Waals surface area contributed by atoms with Gasteiger partial charge >= 0.3 is 17.9 Å². The Bertz CT molecular complexity index is 1290. The molecule has 0 radical (unpaired) electrons. The van der Waals surface area contributed by atoms with Crippen molar-refractivity contribution in [3.05, 3.63) is 85.1 Å². The number of hydrogen-bond donors (Lipinski definition) is 0. The van der Waals surface area contributed by atoms with Crippen LogP contribution in [0.3, 0.4) is 0 Å². The first-order chi connectivity index (χ1) is 32.5. The van der Waals surface area contributed by atoms with Gasteiger partial charge in [-0.1, -0.05) is 247 Å². The van der Waals surface area contributed by atoms with Crippen LogP contribution in [-0.4, -0.2) is 37.2 Å². The number of carbonyl (C=O) groups excluding carboxylic acids is 3. The summed E-state index contributed by atoms with van der Waals surface area (Å²) >= 11 is 0. The van der Waals surface area contributed by atoms with Crippen LogP contribution in [0, 0.1) is 0 Å². The number of ether oxygens (including phenoxy) is 3. The monoisotopic (exact) mass is 919 g/mol. The van der Waals surface area contributed by atoms with E-state index in [9.17, 15) is 14.4 Å². The van der Waals surface area contributed by atoms with Crippen LogP contribution in [-0.2, 0) is 28.6 Å². The summed E-state index contributed by atoms with van der Waals surface area (Å²) in [5.74, 6) is -0.893. The zero-order chi connectivity index (χ0) is 47.9. The predicted octanol–water partition coefficient (Wildman–Crippen LogP) is 18.4. The SMILES string of the molecule is CC/C=C\C/C=C\C/C=C\C/C=C\C/C=C\C/C=C\C/C=C\CCCCCCCCCC(=O)OCC(COC(=O)CCCCCCCCC)OC(=O)CCCCCCCCCCCCCC. The first kappa shape index (κ1) is 62.6. The minimum absolute atomic E-state index is 0.0773. The molecule has 66 heavy (non-hydrogen) atoms. The van der Waals surface area contributed by atoms with Crippen LogP contribution in [0.2, 0.25) is 0 Å². The lowest BCUT2D eigenvalue weighted by molar-refractivity contribution is -0.167. The van der Waals surface area contributed by atoms with Crippen molar-refractivity contribution < 1.29 is 28.6 Å². The molecule has 0 saturated heterocycles. The van der Waals surface area contributed by atoms with Gasteiger partial charge in [-0.25, -0.2) is 0 Å². The highest BCUT2D eigenvalue weighted by Crippen LogP contribution is 2.15. The summed E-state index contributed by atoms with van der Waals surface area (Å²) in [6, 6.07) is 0. The molecule has 0 aromatic carbocycles. The minimum Gasteiger partial charge on any atom is -0.462 e. The molecular weight excluding hydrogens is 817 g/mol. The van der Waals surface area contributed by atoms with E-state index in [1.807, 2.05) is 0 Å². The molecule has 0 aliphatic rings. The first-order valence-corrected chi connectivity index (χ1v) is 27.6. The highest BCUT2D eigenvalue weighted by molar-refractivity contribution is 5.71. The summed E-state index contributed by atoms with van der Waals surface area (Å²) in [7, 11) is 0. The number of esters is 3. The second-order valence-electron chi connectivity index (χ2n) is 18.1. The van der Waals surface area contributed by atoms with E-state index >= 15 is 0 Å². The highest BCUT2D eigenvalue weighted by atomic mass is 16.6. The van der Waals surface area contributed by atoms with Crippen molar-refractivity contribution in [2.24, 2.45) is 0 Å². The van der Waals surface area contributed by atoms with Gasteiger partial charge in [0.05, 0.1) is 0 Å². The normalized spacial score (nSPS) is 12.7. The Morgan fingerprint density at radius 3 is 0.924 bits per heavy atom. The van der Waals surface area contributed by atoms with E-state index in [4.69, 9.17) is 14.2 Å². The number of hydrogen-bond acceptors (Lipinski definition) is 6. The summed E-state index contributed by atoms with van der Waals surface area (Å²) in [6.45, 7) is 6.47. The zero-order valence-corrected chi connectivity index (χ0v) is 43.2. The summed E-state index contributed by atoms with van der Waals surface area (Å²) in [6.07, 6.45) is 70.2. The Hall–Kier alpha value is -3.41. The van der Waals surface area contributed by atoms with Gasteiger partial charge in [0.1, 0.15) is 13.2 Å². The fourth-order valence-corrected chi connectivity index (χ4v) is 7.54. The van der Waals surface area contributed by atoms with Gasteiger partial charge in [0.25, 0.3) is 0 Å². The van der Waals surface area contributed by atoms with Crippen molar-refractivity contribution in [3.63, 3.8) is 0 Å². The maximum absolute atomic E-state index is 12.7. The third kappa shape index (κ3) is 51.6. The number of carbonyl (C=O) groups is 3. The van der Waals surface area contributed by atoms with Crippen molar-refractivity contribution in [3.8, 4) is 0 Å². The van der Waals surface area contributed by atoms with E-state index in [0.29, 0.717) is 19.3 Å². The van der Waals surface area contributed by atoms with E-state index in [1.54, 1.807) is 0 Å². The fraction of sp³-hybridized carbons (Fsp3) is 0.717. The maximum Gasteiger partial charge on any atom is 0.306 e. The largest absolute Gasteiger partial charge is 0.462 e. The Morgan fingerprint density at radius 2 is 0.591 bits per heavy atom. The zero-order valence-electron chi connectivity index (χ0n) is 43.2. The molecule has 6 heteroatoms. The molecule has 0 saturated carbocycles. The van der Waals surface area contributed by atoms with Crippen LogP contribution in [0.15, 0.2) is 85.1 Å². The van der Waals surface area contributed by atoms with Gasteiger partial charge in [0.2, 0.25) is 0 Å². The van der Waals surface area contributed by atoms with Crippen molar-refractivity contribution >= 4 is 17.9 Å². The van der Waals surface area contributed by atoms with Gasteiger partial charge in [-0.05, 0) is 77.0 Å². The maximum atomic E-state index is 12.7. The molecule has 0 aromatic heterocycles. The summed E-state index contributed by atoms with van der Waals surface area (Å²) in [4.78, 5) is 37.8. The van der Waals surface area contributed by atoms with E-state index in [0.717, 1.165) is 109 Å². The summed E-state index contributed by atoms with van der Waals surface area (Å²) in [5.41, 5.74) is 0. The van der Waals surface area contributed by atoms with Crippen molar-refractivity contribution in [1.29, 1.82) is 0 Å². The van der Waals surface area contributed by atoms with Crippen molar-refractivity contribution in [2.45, 2.75) is 264 Å². The third-order valence-electron chi connectivity index (χ3n) is 11.7. The van der Waals surface area contributed by atoms with E-state index in [1.165, 1.54) is 109 Å². The van der Waals surface area contributed by atoms with E-state index < -0.39 is 6.10 Å². The smallest absolute Gasteiger partial charge is 0.306 e. The lowest BCUT2D eigenvalue weighted by atomic mass is 10.0. The van der Waals surface area contributed by atoms with Crippen LogP contribution in [0.25, 0.3) is 0 Å². The van der Waals surface area contributed by atoms with Crippen LogP contribution in [0.5, 0.6) is 0 Å². The van der Waals surface area contributed by atoms with Crippen LogP contribution in [0.1, 0.15) is 258 Å². The molecule has 0 N–H and O–H groups in total. The molecule has 1 unspecified atom stereocenters. The van der Waals surface area contributed by atoms with Gasteiger partial charge in [0, 0.05) is 19.3 Å². The predicted molar refractivity (Wildman–Crippen MR) is 284 cm³/mol. The Balaban J connectivity index is 4.15. The van der Waals surface area contributed by atoms with Gasteiger partial charge in [0.15, 0.2) is 6.10 Å². The molecule has 6 nitrogen and oxygen atoms in total. The van der Waals surface area contributed by atoms with Crippen molar-refractivity contribution in [1.82, 2.24) is 0 Å². The molecule has 0 amide bonds. The fourth-order valence-electron chi connectivity index (χ4n) is 7.54. The van der Waals surface area contributed by atoms with Gasteiger partial charge in [-0.2, -0.15) is 0 Å². The second kappa shape index (κ2) is 54.2. The van der Waals surface area contributed by atoms with Gasteiger partial charge in [-0.3, -0.25) is 14.4 Å². The van der Waals surface area contributed by atoms with E-state index in [2.05, 4.69) is 106 Å². The molecule has 0 fully saturated rings. The average molecular weight is 919 g/mol. The van der Waals surface area contributed by atoms with Gasteiger partial charge in [-0.15, -0.1) is 0 Å². The van der Waals surface area contributed by atoms with Crippen LogP contribution >= 0.6 is 0 Å².